The summed E-state index contributed by atoms with van der Waals surface area (Å²) in [7, 11) is 0. The zero-order chi connectivity index (χ0) is 16.1. The van der Waals surface area contributed by atoms with Gasteiger partial charge in [-0.05, 0) is 23.8 Å². The Labute approximate surface area is 130 Å². The molecule has 22 heavy (non-hydrogen) atoms. The number of halogens is 2. The minimum atomic E-state index is -1.13. The maximum atomic E-state index is 13.2. The van der Waals surface area contributed by atoms with Crippen molar-refractivity contribution in [2.45, 2.75) is 6.42 Å². The van der Waals surface area contributed by atoms with Gasteiger partial charge in [0.15, 0.2) is 5.78 Å². The van der Waals surface area contributed by atoms with Gasteiger partial charge in [0.25, 0.3) is 0 Å². The first kappa shape index (κ1) is 15.9. The Balaban J connectivity index is 1.99. The van der Waals surface area contributed by atoms with Gasteiger partial charge in [0.05, 0.1) is 10.6 Å². The molecule has 0 unspecified atom stereocenters. The lowest BCUT2D eigenvalue weighted by Gasteiger charge is -2.07. The molecule has 1 aromatic carbocycles. The predicted molar refractivity (Wildman–Crippen MR) is 76.8 cm³/mol. The first-order valence-corrected chi connectivity index (χ1v) is 6.61. The van der Waals surface area contributed by atoms with Crippen molar-refractivity contribution in [3.8, 4) is 5.75 Å². The van der Waals surface area contributed by atoms with Gasteiger partial charge < -0.3 is 9.84 Å². The Bertz CT molecular complexity index is 720. The molecule has 1 N–H and O–H groups in total. The Morgan fingerprint density at radius 2 is 2.09 bits per heavy atom. The molecule has 0 atom stereocenters. The monoisotopic (exact) mass is 323 g/mol. The van der Waals surface area contributed by atoms with Gasteiger partial charge in [-0.1, -0.05) is 11.6 Å². The van der Waals surface area contributed by atoms with E-state index in [0.717, 1.165) is 6.07 Å². The molecule has 0 aliphatic carbocycles. The van der Waals surface area contributed by atoms with Crippen LogP contribution in [0.25, 0.3) is 0 Å². The number of carbonyl (C=O) groups excluding carboxylic acids is 1. The summed E-state index contributed by atoms with van der Waals surface area (Å²) in [4.78, 5) is 26.7. The van der Waals surface area contributed by atoms with Gasteiger partial charge in [0, 0.05) is 24.9 Å². The van der Waals surface area contributed by atoms with Crippen molar-refractivity contribution >= 4 is 23.4 Å². The topological polar surface area (TPSA) is 76.5 Å². The van der Waals surface area contributed by atoms with Crippen molar-refractivity contribution < 1.29 is 23.8 Å². The number of ketones is 1. The van der Waals surface area contributed by atoms with Crippen LogP contribution in [0.1, 0.15) is 15.9 Å². The van der Waals surface area contributed by atoms with Crippen LogP contribution in [0.2, 0.25) is 5.02 Å². The molecule has 1 aromatic heterocycles. The van der Waals surface area contributed by atoms with Crippen LogP contribution >= 0.6 is 11.6 Å². The predicted octanol–water partition coefficient (Wildman–Crippen LogP) is 2.76. The Morgan fingerprint density at radius 3 is 2.77 bits per heavy atom. The summed E-state index contributed by atoms with van der Waals surface area (Å²) < 4.78 is 18.4. The molecule has 0 spiro atoms. The van der Waals surface area contributed by atoms with E-state index in [1.165, 1.54) is 30.6 Å². The van der Waals surface area contributed by atoms with Crippen LogP contribution in [0.4, 0.5) is 4.39 Å². The standard InChI is InChI=1S/C15H11ClFNO4/c16-13-2-1-11(6-14(13)17)22-8-10(19)5-9-7-18-4-3-12(9)15(20)21/h1-4,6-7H,5,8H2,(H,20,21). The highest BCUT2D eigenvalue weighted by Gasteiger charge is 2.14. The first-order valence-electron chi connectivity index (χ1n) is 6.23. The number of Topliss-reactive ketones (excluding diaryl/α,β-unsaturated/α-hetero) is 1. The van der Waals surface area contributed by atoms with Crippen LogP contribution in [-0.4, -0.2) is 28.4 Å². The third-order valence-electron chi connectivity index (χ3n) is 2.81. The number of aromatic carboxylic acids is 1. The number of carbonyl (C=O) groups is 2. The van der Waals surface area contributed by atoms with E-state index in [1.54, 1.807) is 0 Å². The molecule has 0 bridgehead atoms. The molecule has 0 saturated heterocycles. The number of carboxylic acids is 1. The summed E-state index contributed by atoms with van der Waals surface area (Å²) in [5, 5.41) is 8.98. The number of hydrogen-bond acceptors (Lipinski definition) is 4. The molecule has 0 radical (unpaired) electrons. The number of ether oxygens (including phenoxy) is 1. The molecule has 7 heteroatoms. The molecule has 0 aliphatic heterocycles. The second kappa shape index (κ2) is 7.00. The Hall–Kier alpha value is -2.47. The van der Waals surface area contributed by atoms with Crippen molar-refractivity contribution in [1.29, 1.82) is 0 Å². The van der Waals surface area contributed by atoms with Gasteiger partial charge in [-0.2, -0.15) is 0 Å². The highest BCUT2D eigenvalue weighted by Crippen LogP contribution is 2.20. The first-order chi connectivity index (χ1) is 10.5. The fourth-order valence-electron chi connectivity index (χ4n) is 1.77. The van der Waals surface area contributed by atoms with Gasteiger partial charge in [0.2, 0.25) is 0 Å². The van der Waals surface area contributed by atoms with Crippen molar-refractivity contribution in [1.82, 2.24) is 4.98 Å². The summed E-state index contributed by atoms with van der Waals surface area (Å²) in [6.45, 7) is -0.310. The lowest BCUT2D eigenvalue weighted by Crippen LogP contribution is -2.16. The van der Waals surface area contributed by atoms with E-state index in [4.69, 9.17) is 21.4 Å². The van der Waals surface area contributed by atoms with Gasteiger partial charge in [0.1, 0.15) is 18.2 Å². The second-order valence-electron chi connectivity index (χ2n) is 4.42. The second-order valence-corrected chi connectivity index (χ2v) is 4.83. The van der Waals surface area contributed by atoms with Gasteiger partial charge >= 0.3 is 5.97 Å². The normalized spacial score (nSPS) is 10.3. The van der Waals surface area contributed by atoms with Gasteiger partial charge in [-0.25, -0.2) is 9.18 Å². The van der Waals surface area contributed by atoms with Crippen LogP contribution in [0.5, 0.6) is 5.75 Å². The van der Waals surface area contributed by atoms with Crippen LogP contribution in [-0.2, 0) is 11.2 Å². The lowest BCUT2D eigenvalue weighted by molar-refractivity contribution is -0.120. The van der Waals surface area contributed by atoms with Crippen LogP contribution < -0.4 is 4.74 Å². The van der Waals surface area contributed by atoms with E-state index in [-0.39, 0.29) is 35.1 Å². The Kier molecular flexibility index (Phi) is 5.06. The maximum Gasteiger partial charge on any atom is 0.336 e. The lowest BCUT2D eigenvalue weighted by atomic mass is 10.1. The van der Waals surface area contributed by atoms with E-state index >= 15 is 0 Å². The van der Waals surface area contributed by atoms with Crippen LogP contribution in [0.15, 0.2) is 36.7 Å². The van der Waals surface area contributed by atoms with Crippen LogP contribution in [0, 0.1) is 5.82 Å². The fraction of sp³-hybridized carbons (Fsp3) is 0.133. The van der Waals surface area contributed by atoms with Crippen molar-refractivity contribution in [3.63, 3.8) is 0 Å². The third kappa shape index (κ3) is 4.02. The number of rotatable bonds is 6. The van der Waals surface area contributed by atoms with Gasteiger partial charge in [-0.15, -0.1) is 0 Å². The largest absolute Gasteiger partial charge is 0.486 e. The number of benzene rings is 1. The van der Waals surface area contributed by atoms with Gasteiger partial charge in [-0.3, -0.25) is 9.78 Å². The molecule has 1 heterocycles. The van der Waals surface area contributed by atoms with Crippen molar-refractivity contribution in [3.05, 3.63) is 58.6 Å². The molecule has 5 nitrogen and oxygen atoms in total. The third-order valence-corrected chi connectivity index (χ3v) is 3.12. The number of pyridine rings is 1. The fourth-order valence-corrected chi connectivity index (χ4v) is 1.89. The Morgan fingerprint density at radius 1 is 1.32 bits per heavy atom. The van der Waals surface area contributed by atoms with Crippen molar-refractivity contribution in [2.24, 2.45) is 0 Å². The quantitative estimate of drug-likeness (QED) is 0.884. The van der Waals surface area contributed by atoms with Crippen molar-refractivity contribution in [2.75, 3.05) is 6.61 Å². The zero-order valence-electron chi connectivity index (χ0n) is 11.3. The molecular weight excluding hydrogens is 313 g/mol. The summed E-state index contributed by atoms with van der Waals surface area (Å²) in [6, 6.07) is 5.15. The highest BCUT2D eigenvalue weighted by atomic mass is 35.5. The summed E-state index contributed by atoms with van der Waals surface area (Å²) in [5.41, 5.74) is 0.312. The average molecular weight is 324 g/mol. The maximum absolute atomic E-state index is 13.2. The zero-order valence-corrected chi connectivity index (χ0v) is 12.0. The summed E-state index contributed by atoms with van der Waals surface area (Å²) in [6.07, 6.45) is 2.53. The molecular formula is C15H11ClFNO4. The highest BCUT2D eigenvalue weighted by molar-refractivity contribution is 6.30. The van der Waals surface area contributed by atoms with Crippen LogP contribution in [0.3, 0.4) is 0 Å². The molecule has 114 valence electrons. The van der Waals surface area contributed by atoms with E-state index in [1.807, 2.05) is 0 Å². The smallest absolute Gasteiger partial charge is 0.336 e. The number of aromatic nitrogens is 1. The number of hydrogen-bond donors (Lipinski definition) is 1. The summed E-state index contributed by atoms with van der Waals surface area (Å²) >= 11 is 5.54. The van der Waals surface area contributed by atoms with E-state index in [9.17, 15) is 14.0 Å². The van der Waals surface area contributed by atoms with E-state index < -0.39 is 11.8 Å². The minimum absolute atomic E-state index is 0.0147. The molecule has 0 fully saturated rings. The minimum Gasteiger partial charge on any atom is -0.486 e. The summed E-state index contributed by atoms with van der Waals surface area (Å²) in [5.74, 6) is -1.97. The number of carboxylic acid groups (broad SMARTS) is 1. The van der Waals surface area contributed by atoms with E-state index in [0.29, 0.717) is 5.56 Å². The molecule has 0 aliphatic rings. The molecule has 0 saturated carbocycles. The number of nitrogens with zero attached hydrogens (tertiary/aromatic N) is 1. The van der Waals surface area contributed by atoms with E-state index in [2.05, 4.69) is 4.98 Å². The average Bonchev–Trinajstić information content (AvgIpc) is 2.49. The molecule has 2 aromatic rings. The molecule has 0 amide bonds. The molecule has 2 rings (SSSR count). The SMILES string of the molecule is O=C(COc1ccc(Cl)c(F)c1)Cc1cnccc1C(=O)O.